The normalized spacial score (nSPS) is 16.0. The highest BCUT2D eigenvalue weighted by Gasteiger charge is 2.58. The molecule has 9 aromatic rings. The molecular formula is C58H43N9+2. The molecule has 3 aliphatic carbocycles. The van der Waals surface area contributed by atoms with E-state index in [4.69, 9.17) is 34.9 Å². The van der Waals surface area contributed by atoms with Crippen LogP contribution in [0.1, 0.15) is 87.7 Å². The van der Waals surface area contributed by atoms with Crippen LogP contribution in [0, 0.1) is 0 Å². The van der Waals surface area contributed by atoms with E-state index in [1.165, 1.54) is 5.56 Å². The molecule has 67 heavy (non-hydrogen) atoms. The van der Waals surface area contributed by atoms with Crippen molar-refractivity contribution in [2.75, 3.05) is 7.05 Å². The van der Waals surface area contributed by atoms with Gasteiger partial charge in [-0.3, -0.25) is 34.9 Å². The molecule has 0 saturated heterocycles. The molecule has 1 aliphatic heterocycles. The predicted octanol–water partition coefficient (Wildman–Crippen LogP) is 10.1. The van der Waals surface area contributed by atoms with E-state index in [0.717, 1.165) is 94.7 Å². The number of aromatic nitrogens is 7. The van der Waals surface area contributed by atoms with Crippen molar-refractivity contribution in [3.63, 3.8) is 0 Å². The third-order valence-corrected chi connectivity index (χ3v) is 14.7. The van der Waals surface area contributed by atoms with Crippen LogP contribution < -0.4 is 0 Å². The first-order valence-electron chi connectivity index (χ1n) is 22.6. The quantitative estimate of drug-likeness (QED) is 0.154. The molecule has 0 fully saturated rings. The van der Waals surface area contributed by atoms with Crippen molar-refractivity contribution in [1.82, 2.24) is 34.9 Å². The van der Waals surface area contributed by atoms with Crippen LogP contribution in [0.15, 0.2) is 190 Å². The Morgan fingerprint density at radius 1 is 0.433 bits per heavy atom. The topological polar surface area (TPSA) is 96.2 Å². The molecule has 7 aromatic heterocycles. The van der Waals surface area contributed by atoms with Crippen LogP contribution in [0.5, 0.6) is 0 Å². The lowest BCUT2D eigenvalue weighted by Gasteiger charge is -2.37. The highest BCUT2D eigenvalue weighted by atomic mass is 15.2. The monoisotopic (exact) mass is 865 g/mol. The van der Waals surface area contributed by atoms with Gasteiger partial charge in [-0.05, 0) is 138 Å². The minimum atomic E-state index is -0.879. The molecule has 0 amide bonds. The molecule has 318 valence electrons. The molecule has 2 aromatic carbocycles. The predicted molar refractivity (Wildman–Crippen MR) is 257 cm³/mol. The van der Waals surface area contributed by atoms with E-state index in [-0.39, 0.29) is 5.41 Å². The van der Waals surface area contributed by atoms with E-state index < -0.39 is 16.4 Å². The summed E-state index contributed by atoms with van der Waals surface area (Å²) in [6.45, 7) is 6.76. The van der Waals surface area contributed by atoms with Crippen LogP contribution >= 0.6 is 0 Å². The number of benzene rings is 2. The van der Waals surface area contributed by atoms with E-state index in [0.29, 0.717) is 0 Å². The Kier molecular flexibility index (Phi) is 8.18. The second-order valence-corrected chi connectivity index (χ2v) is 19.0. The van der Waals surface area contributed by atoms with Crippen LogP contribution in [0.4, 0.5) is 0 Å². The molecule has 0 spiro atoms. The Morgan fingerprint density at radius 3 is 1.28 bits per heavy atom. The number of hydrogen-bond acceptors (Lipinski definition) is 7. The summed E-state index contributed by atoms with van der Waals surface area (Å²) in [7, 11) is 2.01. The van der Waals surface area contributed by atoms with E-state index >= 15 is 0 Å². The molecule has 8 heterocycles. The number of rotatable bonds is 6. The summed E-state index contributed by atoms with van der Waals surface area (Å²) in [5.74, 6) is 0. The molecule has 0 N–H and O–H groups in total. The summed E-state index contributed by atoms with van der Waals surface area (Å²) >= 11 is 0. The summed E-state index contributed by atoms with van der Waals surface area (Å²) in [5.41, 5.74) is 16.8. The molecule has 0 saturated carbocycles. The maximum absolute atomic E-state index is 5.29. The third kappa shape index (κ3) is 5.12. The summed E-state index contributed by atoms with van der Waals surface area (Å²) in [6, 6.07) is 39.0. The number of pyridine rings is 7. The zero-order chi connectivity index (χ0) is 45.1. The summed E-state index contributed by atoms with van der Waals surface area (Å²) in [6.07, 6.45) is 29.6. The molecule has 0 atom stereocenters. The van der Waals surface area contributed by atoms with Crippen molar-refractivity contribution in [1.29, 1.82) is 0 Å². The van der Waals surface area contributed by atoms with Crippen molar-refractivity contribution >= 4 is 6.01 Å². The largest absolute Gasteiger partial charge is 0.490 e. The van der Waals surface area contributed by atoms with E-state index in [1.807, 2.05) is 86.0 Å². The van der Waals surface area contributed by atoms with Crippen LogP contribution in [0.2, 0.25) is 0 Å². The van der Waals surface area contributed by atoms with Gasteiger partial charge in [0.05, 0.1) is 27.7 Å². The zero-order valence-corrected chi connectivity index (χ0v) is 37.4. The lowest BCUT2D eigenvalue weighted by Crippen LogP contribution is -2.38. The molecule has 9 nitrogen and oxygen atoms in total. The minimum absolute atomic E-state index is 0.124. The SMILES string of the molecule is C[N+]1=C=[N+](C2(c3cccc(C4(c5cccc(C6(c7cc(C(C)(C)C)ccn7)c7cnccc7-c7ccncc76)c5)c5cnccc5-c5ccncc54)c3)c3cnccc3-c3ccncc32)C=C1. The second-order valence-electron chi connectivity index (χ2n) is 19.0. The van der Waals surface area contributed by atoms with Crippen molar-refractivity contribution in [3.05, 3.63) is 257 Å². The van der Waals surface area contributed by atoms with Crippen molar-refractivity contribution in [2.24, 2.45) is 0 Å². The first kappa shape index (κ1) is 39.0. The Hall–Kier alpha value is -8.39. The average molecular weight is 866 g/mol. The molecule has 4 aliphatic rings. The van der Waals surface area contributed by atoms with Gasteiger partial charge in [-0.15, -0.1) is 0 Å². The fraction of sp³-hybridized carbons (Fsp3) is 0.138. The first-order valence-corrected chi connectivity index (χ1v) is 22.6. The van der Waals surface area contributed by atoms with Gasteiger partial charge >= 0.3 is 6.01 Å². The van der Waals surface area contributed by atoms with Gasteiger partial charge in [0.15, 0.2) is 7.05 Å². The maximum Gasteiger partial charge on any atom is 0.490 e. The minimum Gasteiger partial charge on any atom is -0.264 e. The van der Waals surface area contributed by atoms with Gasteiger partial charge in [-0.25, -0.2) is 0 Å². The van der Waals surface area contributed by atoms with Gasteiger partial charge < -0.3 is 0 Å². The van der Waals surface area contributed by atoms with Gasteiger partial charge in [-0.2, -0.15) is 0 Å². The number of fused-ring (bicyclic) bond motifs is 9. The van der Waals surface area contributed by atoms with Crippen LogP contribution in [-0.2, 0) is 21.8 Å². The van der Waals surface area contributed by atoms with Gasteiger partial charge in [-0.1, -0.05) is 72.4 Å². The maximum atomic E-state index is 5.29. The summed E-state index contributed by atoms with van der Waals surface area (Å²) < 4.78 is 4.16. The highest BCUT2D eigenvalue weighted by Crippen LogP contribution is 2.60. The number of hydrogen-bond donors (Lipinski definition) is 0. The summed E-state index contributed by atoms with van der Waals surface area (Å²) in [4.78, 5) is 34.2. The molecular weight excluding hydrogens is 823 g/mol. The average Bonchev–Trinajstić information content (AvgIpc) is 4.11. The Balaban J connectivity index is 1.13. The standard InChI is InChI=1S/C58H43N9/c1-55(2,3)37-11-24-65-54(29-37)57(50-32-61-20-14-44(50)45-15-21-62-33-51(45)57)40-9-5-7-38(27-40)56(48-30-59-18-12-42(48)43-13-19-60-31-49(43)56)39-8-6-10-41(28-39)58(67-26-25-66(4)36-67)52-34-63-22-16-46(52)47-17-23-64-35-53(47)58/h5-35H,1-4H3/q+2. The Morgan fingerprint density at radius 2 is 0.836 bits per heavy atom. The molecule has 0 radical (unpaired) electrons. The molecule has 0 unspecified atom stereocenters. The van der Waals surface area contributed by atoms with Gasteiger partial charge in [0.25, 0.3) is 5.54 Å². The van der Waals surface area contributed by atoms with Crippen molar-refractivity contribution in [2.45, 2.75) is 42.6 Å². The lowest BCUT2D eigenvalue weighted by molar-refractivity contribution is -0.533. The van der Waals surface area contributed by atoms with Crippen molar-refractivity contribution < 1.29 is 9.15 Å². The van der Waals surface area contributed by atoms with E-state index in [2.05, 4.69) is 147 Å². The smallest absolute Gasteiger partial charge is 0.264 e. The Labute approximate surface area is 388 Å². The fourth-order valence-electron chi connectivity index (χ4n) is 11.9. The number of nitrogens with zero attached hydrogens (tertiary/aromatic N) is 9. The lowest BCUT2D eigenvalue weighted by atomic mass is 9.64. The summed E-state index contributed by atoms with van der Waals surface area (Å²) in [5, 5.41) is 0. The molecule has 13 rings (SSSR count). The van der Waals surface area contributed by atoms with E-state index in [9.17, 15) is 0 Å². The van der Waals surface area contributed by atoms with Gasteiger partial charge in [0.1, 0.15) is 0 Å². The highest BCUT2D eigenvalue weighted by molar-refractivity contribution is 5.88. The molecule has 9 heteroatoms. The van der Waals surface area contributed by atoms with Crippen LogP contribution in [0.3, 0.4) is 0 Å². The molecule has 0 bridgehead atoms. The van der Waals surface area contributed by atoms with Gasteiger partial charge in [0, 0.05) is 86.1 Å². The zero-order valence-electron chi connectivity index (χ0n) is 37.4. The van der Waals surface area contributed by atoms with Gasteiger partial charge in [0.2, 0.25) is 12.4 Å². The third-order valence-electron chi connectivity index (χ3n) is 14.7. The second kappa shape index (κ2) is 14.1. The van der Waals surface area contributed by atoms with Crippen LogP contribution in [-0.4, -0.2) is 57.1 Å². The first-order chi connectivity index (χ1) is 32.8. The van der Waals surface area contributed by atoms with Crippen molar-refractivity contribution in [3.8, 4) is 33.4 Å². The van der Waals surface area contributed by atoms with Crippen LogP contribution in [0.25, 0.3) is 33.4 Å². The van der Waals surface area contributed by atoms with E-state index in [1.54, 1.807) is 0 Å². The Bertz CT molecular complexity index is 3530. The fourth-order valence-corrected chi connectivity index (χ4v) is 11.9.